The average Bonchev–Trinajstić information content (AvgIpc) is 3.02. The minimum absolute atomic E-state index is 0.646. The van der Waals surface area contributed by atoms with E-state index in [4.69, 9.17) is 9.72 Å². The molecule has 2 unspecified atom stereocenters. The molecule has 0 spiro atoms. The number of aromatic nitrogens is 2. The molecule has 0 saturated carbocycles. The van der Waals surface area contributed by atoms with Gasteiger partial charge in [-0.15, -0.1) is 0 Å². The van der Waals surface area contributed by atoms with Crippen molar-refractivity contribution < 1.29 is 4.74 Å². The second-order valence-corrected chi connectivity index (χ2v) is 5.53. The smallest absolute Gasteiger partial charge is 0.155 e. The summed E-state index contributed by atoms with van der Waals surface area (Å²) in [6.07, 6.45) is 3.50. The molecule has 1 fully saturated rings. The van der Waals surface area contributed by atoms with Crippen molar-refractivity contribution in [3.8, 4) is 0 Å². The number of aryl methyl sites for hydroxylation is 1. The van der Waals surface area contributed by atoms with Gasteiger partial charge in [0.25, 0.3) is 0 Å². The Bertz CT molecular complexity index is 538. The fraction of sp³-hybridized carbons (Fsp3) is 0.571. The minimum atomic E-state index is 0.646. The van der Waals surface area contributed by atoms with Gasteiger partial charge in [0.1, 0.15) is 0 Å². The standard InChI is InChI=1S/C14H17N3O/c1-8-12-6-18-7-13(12)17-14(16-8)9-2-10-4-15-5-11(10)3-9/h2,10-11,15H,3-7H2,1H3. The predicted molar refractivity (Wildman–Crippen MR) is 67.7 cm³/mol. The molecule has 0 aromatic carbocycles. The minimum Gasteiger partial charge on any atom is -0.370 e. The van der Waals surface area contributed by atoms with Crippen LogP contribution in [0.25, 0.3) is 5.57 Å². The van der Waals surface area contributed by atoms with Gasteiger partial charge in [-0.1, -0.05) is 6.08 Å². The van der Waals surface area contributed by atoms with Gasteiger partial charge in [0, 0.05) is 17.8 Å². The molecule has 4 heteroatoms. The molecular formula is C14H17N3O. The number of rotatable bonds is 1. The van der Waals surface area contributed by atoms with Crippen LogP contribution in [0.5, 0.6) is 0 Å². The summed E-state index contributed by atoms with van der Waals surface area (Å²) in [5.74, 6) is 2.38. The number of nitrogens with zero attached hydrogens (tertiary/aromatic N) is 2. The second kappa shape index (κ2) is 3.87. The van der Waals surface area contributed by atoms with Crippen molar-refractivity contribution in [2.75, 3.05) is 13.1 Å². The molecule has 3 aliphatic rings. The maximum atomic E-state index is 5.46. The number of allylic oxidation sites excluding steroid dienone is 1. The number of nitrogens with one attached hydrogen (secondary N) is 1. The molecule has 18 heavy (non-hydrogen) atoms. The summed E-state index contributed by atoms with van der Waals surface area (Å²) >= 11 is 0. The maximum Gasteiger partial charge on any atom is 0.155 e. The molecule has 3 heterocycles. The van der Waals surface area contributed by atoms with Crippen LogP contribution in [-0.2, 0) is 18.0 Å². The van der Waals surface area contributed by atoms with Crippen molar-refractivity contribution >= 4 is 5.57 Å². The van der Waals surface area contributed by atoms with Crippen LogP contribution < -0.4 is 5.32 Å². The Morgan fingerprint density at radius 1 is 1.28 bits per heavy atom. The fourth-order valence-electron chi connectivity index (χ4n) is 3.30. The number of fused-ring (bicyclic) bond motifs is 2. The number of hydrogen-bond donors (Lipinski definition) is 1. The lowest BCUT2D eigenvalue weighted by atomic mass is 10.00. The molecule has 1 aromatic heterocycles. The van der Waals surface area contributed by atoms with Crippen LogP contribution in [0.1, 0.15) is 29.2 Å². The van der Waals surface area contributed by atoms with E-state index in [1.165, 1.54) is 11.1 Å². The molecular weight excluding hydrogens is 226 g/mol. The van der Waals surface area contributed by atoms with Gasteiger partial charge in [0.05, 0.1) is 18.9 Å². The van der Waals surface area contributed by atoms with Crippen LogP contribution in [0.4, 0.5) is 0 Å². The topological polar surface area (TPSA) is 47.0 Å². The van der Waals surface area contributed by atoms with E-state index in [2.05, 4.69) is 23.3 Å². The lowest BCUT2D eigenvalue weighted by Crippen LogP contribution is -2.10. The Morgan fingerprint density at radius 2 is 2.22 bits per heavy atom. The maximum absolute atomic E-state index is 5.46. The van der Waals surface area contributed by atoms with E-state index in [1.807, 2.05) is 0 Å². The van der Waals surface area contributed by atoms with Crippen molar-refractivity contribution in [1.29, 1.82) is 0 Å². The van der Waals surface area contributed by atoms with E-state index in [9.17, 15) is 0 Å². The van der Waals surface area contributed by atoms with Crippen molar-refractivity contribution in [2.45, 2.75) is 26.6 Å². The van der Waals surface area contributed by atoms with Crippen LogP contribution >= 0.6 is 0 Å². The Balaban J connectivity index is 1.72. The third-order valence-corrected chi connectivity index (χ3v) is 4.36. The largest absolute Gasteiger partial charge is 0.370 e. The zero-order valence-electron chi connectivity index (χ0n) is 10.6. The molecule has 2 atom stereocenters. The molecule has 4 rings (SSSR count). The van der Waals surface area contributed by atoms with Crippen LogP contribution in [0.3, 0.4) is 0 Å². The molecule has 94 valence electrons. The lowest BCUT2D eigenvalue weighted by molar-refractivity contribution is 0.133. The van der Waals surface area contributed by atoms with E-state index < -0.39 is 0 Å². The van der Waals surface area contributed by atoms with E-state index >= 15 is 0 Å². The Kier molecular flexibility index (Phi) is 2.29. The Morgan fingerprint density at radius 3 is 3.11 bits per heavy atom. The van der Waals surface area contributed by atoms with E-state index in [1.54, 1.807) is 0 Å². The summed E-state index contributed by atoms with van der Waals surface area (Å²) in [5.41, 5.74) is 4.71. The second-order valence-electron chi connectivity index (χ2n) is 5.53. The van der Waals surface area contributed by atoms with Gasteiger partial charge in [-0.2, -0.15) is 0 Å². The molecule has 4 nitrogen and oxygen atoms in total. The molecule has 1 saturated heterocycles. The first-order chi connectivity index (χ1) is 8.81. The van der Waals surface area contributed by atoms with Crippen LogP contribution in [-0.4, -0.2) is 23.1 Å². The molecule has 1 aromatic rings. The van der Waals surface area contributed by atoms with Crippen LogP contribution in [0, 0.1) is 18.8 Å². The fourth-order valence-corrected chi connectivity index (χ4v) is 3.30. The summed E-state index contributed by atoms with van der Waals surface area (Å²) in [4.78, 5) is 9.37. The zero-order chi connectivity index (χ0) is 12.1. The number of hydrogen-bond acceptors (Lipinski definition) is 4. The molecule has 0 amide bonds. The molecule has 0 bridgehead atoms. The summed E-state index contributed by atoms with van der Waals surface area (Å²) in [6.45, 7) is 5.64. The first kappa shape index (κ1) is 10.6. The molecule has 1 N–H and O–H groups in total. The Hall–Kier alpha value is -1.26. The van der Waals surface area contributed by atoms with Gasteiger partial charge in [-0.25, -0.2) is 9.97 Å². The van der Waals surface area contributed by atoms with Gasteiger partial charge in [0.2, 0.25) is 0 Å². The quantitative estimate of drug-likeness (QED) is 0.810. The summed E-state index contributed by atoms with van der Waals surface area (Å²) in [5, 5.41) is 3.44. The van der Waals surface area contributed by atoms with Crippen molar-refractivity contribution in [3.63, 3.8) is 0 Å². The molecule has 0 radical (unpaired) electrons. The van der Waals surface area contributed by atoms with Gasteiger partial charge < -0.3 is 10.1 Å². The first-order valence-corrected chi connectivity index (χ1v) is 6.67. The van der Waals surface area contributed by atoms with E-state index in [0.717, 1.165) is 42.6 Å². The SMILES string of the molecule is Cc1nc(C2=CC3CNCC3C2)nc2c1COC2. The van der Waals surface area contributed by atoms with Crippen molar-refractivity contribution in [3.05, 3.63) is 28.9 Å². The lowest BCUT2D eigenvalue weighted by Gasteiger charge is -2.08. The third-order valence-electron chi connectivity index (χ3n) is 4.36. The predicted octanol–water partition coefficient (Wildman–Crippen LogP) is 1.44. The highest BCUT2D eigenvalue weighted by Crippen LogP contribution is 2.37. The van der Waals surface area contributed by atoms with Crippen LogP contribution in [0.2, 0.25) is 0 Å². The highest BCUT2D eigenvalue weighted by molar-refractivity contribution is 5.63. The van der Waals surface area contributed by atoms with Gasteiger partial charge >= 0.3 is 0 Å². The monoisotopic (exact) mass is 243 g/mol. The summed E-state index contributed by atoms with van der Waals surface area (Å²) < 4.78 is 5.46. The first-order valence-electron chi connectivity index (χ1n) is 6.67. The zero-order valence-corrected chi connectivity index (χ0v) is 10.6. The highest BCUT2D eigenvalue weighted by Gasteiger charge is 2.33. The normalized spacial score (nSPS) is 29.3. The van der Waals surface area contributed by atoms with Gasteiger partial charge in [-0.05, 0) is 37.3 Å². The van der Waals surface area contributed by atoms with Gasteiger partial charge in [0.15, 0.2) is 5.82 Å². The average molecular weight is 243 g/mol. The highest BCUT2D eigenvalue weighted by atomic mass is 16.5. The molecule has 1 aliphatic carbocycles. The summed E-state index contributed by atoms with van der Waals surface area (Å²) in [6, 6.07) is 0. The van der Waals surface area contributed by atoms with Crippen LogP contribution in [0.15, 0.2) is 6.08 Å². The third kappa shape index (κ3) is 1.52. The van der Waals surface area contributed by atoms with E-state index in [-0.39, 0.29) is 0 Å². The Labute approximate surface area is 106 Å². The van der Waals surface area contributed by atoms with Crippen molar-refractivity contribution in [1.82, 2.24) is 15.3 Å². The number of ether oxygens (including phenoxy) is 1. The summed E-state index contributed by atoms with van der Waals surface area (Å²) in [7, 11) is 0. The van der Waals surface area contributed by atoms with Crippen molar-refractivity contribution in [2.24, 2.45) is 11.8 Å². The van der Waals surface area contributed by atoms with E-state index in [0.29, 0.717) is 19.1 Å². The molecule has 2 aliphatic heterocycles. The van der Waals surface area contributed by atoms with Gasteiger partial charge in [-0.3, -0.25) is 0 Å².